The zero-order chi connectivity index (χ0) is 12.7. The molecule has 4 N–H and O–H groups in total. The fraction of sp³-hybridized carbons (Fsp3) is 0.364. The van der Waals surface area contributed by atoms with E-state index in [1.807, 2.05) is 18.2 Å². The van der Waals surface area contributed by atoms with Gasteiger partial charge in [0.1, 0.15) is 0 Å². The molecule has 0 atom stereocenters. The molecule has 0 aliphatic heterocycles. The fourth-order valence-corrected chi connectivity index (χ4v) is 2.33. The fourth-order valence-electron chi connectivity index (χ4n) is 1.19. The SMILES string of the molecule is CCCCN=C(NN)Nc1ccc(Br)cc1Br. The third-order valence-corrected chi connectivity index (χ3v) is 3.25. The summed E-state index contributed by atoms with van der Waals surface area (Å²) in [6.07, 6.45) is 2.16. The average Bonchev–Trinajstić information content (AvgIpc) is 2.31. The summed E-state index contributed by atoms with van der Waals surface area (Å²) in [5.41, 5.74) is 3.48. The largest absolute Gasteiger partial charge is 0.324 e. The molecule has 0 saturated heterocycles. The number of hydrazine groups is 1. The minimum Gasteiger partial charge on any atom is -0.324 e. The smallest absolute Gasteiger partial charge is 0.210 e. The minimum absolute atomic E-state index is 0.571. The number of guanidine groups is 1. The highest BCUT2D eigenvalue weighted by Gasteiger charge is 2.02. The van der Waals surface area contributed by atoms with Crippen molar-refractivity contribution in [2.75, 3.05) is 11.9 Å². The highest BCUT2D eigenvalue weighted by atomic mass is 79.9. The van der Waals surface area contributed by atoms with Crippen molar-refractivity contribution in [3.05, 3.63) is 27.1 Å². The standard InChI is InChI=1S/C11H16Br2N4/c1-2-3-6-15-11(17-14)16-10-5-4-8(12)7-9(10)13/h4-5,7H,2-3,6,14H2,1H3,(H2,15,16,17). The molecule has 0 spiro atoms. The Hall–Kier alpha value is -0.590. The Bertz CT molecular complexity index is 393. The number of halogens is 2. The van der Waals surface area contributed by atoms with Crippen molar-refractivity contribution in [2.45, 2.75) is 19.8 Å². The number of anilines is 1. The Morgan fingerprint density at radius 3 is 2.76 bits per heavy atom. The number of nitrogens with zero attached hydrogens (tertiary/aromatic N) is 1. The second-order valence-corrected chi connectivity index (χ2v) is 5.25. The first kappa shape index (κ1) is 14.5. The Labute approximate surface area is 118 Å². The van der Waals surface area contributed by atoms with E-state index in [9.17, 15) is 0 Å². The van der Waals surface area contributed by atoms with Crippen LogP contribution in [0.1, 0.15) is 19.8 Å². The normalized spacial score (nSPS) is 11.4. The van der Waals surface area contributed by atoms with Gasteiger partial charge >= 0.3 is 0 Å². The van der Waals surface area contributed by atoms with Crippen molar-refractivity contribution in [1.29, 1.82) is 0 Å². The zero-order valence-corrected chi connectivity index (χ0v) is 12.8. The van der Waals surface area contributed by atoms with Gasteiger partial charge in [0.25, 0.3) is 0 Å². The number of aliphatic imine (C=N–C) groups is 1. The molecule has 0 bridgehead atoms. The molecule has 0 aliphatic rings. The van der Waals surface area contributed by atoms with Crippen molar-refractivity contribution in [3.63, 3.8) is 0 Å². The van der Waals surface area contributed by atoms with Crippen LogP contribution in [0.2, 0.25) is 0 Å². The number of benzene rings is 1. The maximum Gasteiger partial charge on any atom is 0.210 e. The van der Waals surface area contributed by atoms with E-state index in [1.54, 1.807) is 0 Å². The topological polar surface area (TPSA) is 62.4 Å². The van der Waals surface area contributed by atoms with Crippen LogP contribution < -0.4 is 16.6 Å². The molecule has 1 aromatic rings. The molecule has 6 heteroatoms. The van der Waals surface area contributed by atoms with E-state index in [0.29, 0.717) is 5.96 Å². The number of rotatable bonds is 4. The van der Waals surface area contributed by atoms with Crippen LogP contribution in [0.15, 0.2) is 32.1 Å². The lowest BCUT2D eigenvalue weighted by Gasteiger charge is -2.11. The highest BCUT2D eigenvalue weighted by Crippen LogP contribution is 2.25. The van der Waals surface area contributed by atoms with E-state index in [0.717, 1.165) is 34.0 Å². The summed E-state index contributed by atoms with van der Waals surface area (Å²) >= 11 is 6.87. The van der Waals surface area contributed by atoms with Crippen LogP contribution in [0.25, 0.3) is 0 Å². The molecule has 1 aromatic carbocycles. The van der Waals surface area contributed by atoms with E-state index < -0.39 is 0 Å². The molecule has 94 valence electrons. The second kappa shape index (κ2) is 7.68. The van der Waals surface area contributed by atoms with E-state index >= 15 is 0 Å². The maximum atomic E-state index is 5.41. The lowest BCUT2D eigenvalue weighted by molar-refractivity contribution is 0.801. The molecular weight excluding hydrogens is 348 g/mol. The van der Waals surface area contributed by atoms with E-state index in [-0.39, 0.29) is 0 Å². The lowest BCUT2D eigenvalue weighted by atomic mass is 10.3. The van der Waals surface area contributed by atoms with Gasteiger partial charge in [-0.2, -0.15) is 0 Å². The minimum atomic E-state index is 0.571. The Kier molecular flexibility index (Phi) is 6.54. The molecule has 0 aliphatic carbocycles. The van der Waals surface area contributed by atoms with Crippen LogP contribution in [-0.2, 0) is 0 Å². The van der Waals surface area contributed by atoms with Gasteiger partial charge in [0.05, 0.1) is 5.69 Å². The first-order valence-electron chi connectivity index (χ1n) is 5.40. The van der Waals surface area contributed by atoms with Crippen LogP contribution >= 0.6 is 31.9 Å². The van der Waals surface area contributed by atoms with Gasteiger partial charge in [-0.15, -0.1) is 0 Å². The van der Waals surface area contributed by atoms with Crippen LogP contribution in [-0.4, -0.2) is 12.5 Å². The van der Waals surface area contributed by atoms with Gasteiger partial charge in [-0.05, 0) is 40.5 Å². The highest BCUT2D eigenvalue weighted by molar-refractivity contribution is 9.11. The number of hydrogen-bond acceptors (Lipinski definition) is 2. The Balaban J connectivity index is 2.70. The summed E-state index contributed by atoms with van der Waals surface area (Å²) in [6, 6.07) is 5.86. The molecular formula is C11H16Br2N4. The average molecular weight is 364 g/mol. The van der Waals surface area contributed by atoms with E-state index in [1.165, 1.54) is 0 Å². The van der Waals surface area contributed by atoms with Crippen molar-refractivity contribution in [3.8, 4) is 0 Å². The van der Waals surface area contributed by atoms with Gasteiger partial charge < -0.3 is 5.32 Å². The lowest BCUT2D eigenvalue weighted by Crippen LogP contribution is -2.36. The summed E-state index contributed by atoms with van der Waals surface area (Å²) in [5, 5.41) is 3.13. The summed E-state index contributed by atoms with van der Waals surface area (Å²) in [7, 11) is 0. The Morgan fingerprint density at radius 1 is 1.41 bits per heavy atom. The molecule has 0 heterocycles. The van der Waals surface area contributed by atoms with Gasteiger partial charge in [0.15, 0.2) is 0 Å². The molecule has 0 aromatic heterocycles. The third kappa shape index (κ3) is 5.06. The first-order valence-corrected chi connectivity index (χ1v) is 6.99. The predicted octanol–water partition coefficient (Wildman–Crippen LogP) is 3.24. The summed E-state index contributed by atoms with van der Waals surface area (Å²) < 4.78 is 1.96. The van der Waals surface area contributed by atoms with Crippen molar-refractivity contribution in [1.82, 2.24) is 5.43 Å². The zero-order valence-electron chi connectivity index (χ0n) is 9.63. The van der Waals surface area contributed by atoms with Crippen molar-refractivity contribution >= 4 is 43.5 Å². The first-order chi connectivity index (χ1) is 8.17. The molecule has 0 saturated carbocycles. The molecule has 0 amide bonds. The van der Waals surface area contributed by atoms with Crippen LogP contribution in [0.5, 0.6) is 0 Å². The van der Waals surface area contributed by atoms with Crippen molar-refractivity contribution in [2.24, 2.45) is 10.8 Å². The molecule has 17 heavy (non-hydrogen) atoms. The number of nitrogens with two attached hydrogens (primary N) is 1. The third-order valence-electron chi connectivity index (χ3n) is 2.10. The molecule has 0 unspecified atom stereocenters. The van der Waals surface area contributed by atoms with Crippen molar-refractivity contribution < 1.29 is 0 Å². The van der Waals surface area contributed by atoms with Gasteiger partial charge in [0.2, 0.25) is 5.96 Å². The number of unbranched alkanes of at least 4 members (excludes halogenated alkanes) is 1. The van der Waals surface area contributed by atoms with Gasteiger partial charge in [-0.3, -0.25) is 10.4 Å². The van der Waals surface area contributed by atoms with Gasteiger partial charge in [-0.25, -0.2) is 5.84 Å². The predicted molar refractivity (Wildman–Crippen MR) is 80.0 cm³/mol. The number of hydrogen-bond donors (Lipinski definition) is 3. The molecule has 0 fully saturated rings. The van der Waals surface area contributed by atoms with Crippen LogP contribution in [0, 0.1) is 0 Å². The van der Waals surface area contributed by atoms with E-state index in [2.05, 4.69) is 54.5 Å². The molecule has 1 rings (SSSR count). The number of nitrogens with one attached hydrogen (secondary N) is 2. The summed E-state index contributed by atoms with van der Waals surface area (Å²) in [5.74, 6) is 5.99. The monoisotopic (exact) mass is 362 g/mol. The molecule has 4 nitrogen and oxygen atoms in total. The molecule has 0 radical (unpaired) electrons. The summed E-state index contributed by atoms with van der Waals surface area (Å²) in [6.45, 7) is 2.89. The second-order valence-electron chi connectivity index (χ2n) is 3.48. The quantitative estimate of drug-likeness (QED) is 0.253. The Morgan fingerprint density at radius 2 is 2.18 bits per heavy atom. The van der Waals surface area contributed by atoms with Crippen LogP contribution in [0.3, 0.4) is 0 Å². The van der Waals surface area contributed by atoms with Gasteiger partial charge in [0, 0.05) is 15.5 Å². The maximum absolute atomic E-state index is 5.41. The van der Waals surface area contributed by atoms with Crippen LogP contribution in [0.4, 0.5) is 5.69 Å². The van der Waals surface area contributed by atoms with Gasteiger partial charge in [-0.1, -0.05) is 29.3 Å². The summed E-state index contributed by atoms with van der Waals surface area (Å²) in [4.78, 5) is 4.33. The van der Waals surface area contributed by atoms with E-state index in [4.69, 9.17) is 5.84 Å².